The highest BCUT2D eigenvalue weighted by Crippen LogP contribution is 2.35. The third kappa shape index (κ3) is 4.17. The van der Waals surface area contributed by atoms with Crippen LogP contribution in [0.3, 0.4) is 0 Å². The Morgan fingerprint density at radius 1 is 1.20 bits per heavy atom. The maximum atomic E-state index is 12.4. The summed E-state index contributed by atoms with van der Waals surface area (Å²) in [6.07, 6.45) is 4.23. The van der Waals surface area contributed by atoms with Crippen LogP contribution >= 0.6 is 11.8 Å². The highest BCUT2D eigenvalue weighted by atomic mass is 32.2. The first-order valence-corrected chi connectivity index (χ1v) is 9.12. The zero-order valence-corrected chi connectivity index (χ0v) is 15.1. The number of hydrogen-bond acceptors (Lipinski definition) is 4. The molecule has 2 aromatic carbocycles. The molecule has 130 valence electrons. The van der Waals surface area contributed by atoms with Crippen molar-refractivity contribution in [3.63, 3.8) is 0 Å². The molecule has 4 nitrogen and oxygen atoms in total. The fourth-order valence-electron chi connectivity index (χ4n) is 2.85. The summed E-state index contributed by atoms with van der Waals surface area (Å²) in [6.45, 7) is 0. The first-order valence-electron chi connectivity index (χ1n) is 8.13. The van der Waals surface area contributed by atoms with Crippen LogP contribution < -0.4 is 14.8 Å². The van der Waals surface area contributed by atoms with E-state index in [0.29, 0.717) is 5.75 Å². The highest BCUT2D eigenvalue weighted by Gasteiger charge is 2.21. The number of rotatable bonds is 5. The van der Waals surface area contributed by atoms with E-state index in [1.807, 2.05) is 42.1 Å². The van der Waals surface area contributed by atoms with Crippen molar-refractivity contribution in [1.29, 1.82) is 0 Å². The average molecular weight is 355 g/mol. The molecular formula is C20H21NO3S. The molecule has 0 saturated heterocycles. The fraction of sp³-hybridized carbons (Fsp3) is 0.250. The van der Waals surface area contributed by atoms with Gasteiger partial charge in [-0.25, -0.2) is 0 Å². The van der Waals surface area contributed by atoms with Crippen molar-refractivity contribution in [2.24, 2.45) is 0 Å². The molecule has 0 aromatic heterocycles. The van der Waals surface area contributed by atoms with Gasteiger partial charge < -0.3 is 14.8 Å². The maximum Gasteiger partial charge on any atom is 0.244 e. The summed E-state index contributed by atoms with van der Waals surface area (Å²) < 4.78 is 10.6. The number of thioether (sulfide) groups is 1. The number of hydrogen-bond donors (Lipinski definition) is 1. The molecule has 1 N–H and O–H groups in total. The third-order valence-electron chi connectivity index (χ3n) is 4.13. The number of nitrogens with one attached hydrogen (secondary N) is 1. The molecule has 0 unspecified atom stereocenters. The standard InChI is InChI=1S/C20H21NO3S/c1-23-15-8-9-18(24-2)14(13-15)7-10-20(22)21-17-11-12-25-19-6-4-3-5-16(17)19/h3-10,13,17H,11-12H2,1-2H3,(H,21,22)/b10-7+/t17-/m1/s1. The van der Waals surface area contributed by atoms with Gasteiger partial charge >= 0.3 is 0 Å². The number of ether oxygens (including phenoxy) is 2. The minimum Gasteiger partial charge on any atom is -0.497 e. The molecule has 3 rings (SSSR count). The van der Waals surface area contributed by atoms with Gasteiger partial charge in [0.25, 0.3) is 0 Å². The van der Waals surface area contributed by atoms with Crippen LogP contribution in [0.1, 0.15) is 23.6 Å². The summed E-state index contributed by atoms with van der Waals surface area (Å²) in [6, 6.07) is 13.8. The van der Waals surface area contributed by atoms with Gasteiger partial charge in [-0.1, -0.05) is 18.2 Å². The van der Waals surface area contributed by atoms with Gasteiger partial charge in [-0.2, -0.15) is 0 Å². The largest absolute Gasteiger partial charge is 0.497 e. The SMILES string of the molecule is COc1ccc(OC)c(/C=C/C(=O)N[C@@H]2CCSc3ccccc32)c1. The predicted molar refractivity (Wildman–Crippen MR) is 101 cm³/mol. The van der Waals surface area contributed by atoms with Crippen molar-refractivity contribution in [2.45, 2.75) is 17.4 Å². The second-order valence-corrected chi connectivity index (χ2v) is 6.81. The summed E-state index contributed by atoms with van der Waals surface area (Å²) in [7, 11) is 3.22. The zero-order valence-electron chi connectivity index (χ0n) is 14.3. The average Bonchev–Trinajstić information content (AvgIpc) is 2.66. The van der Waals surface area contributed by atoms with E-state index < -0.39 is 0 Å². The Morgan fingerprint density at radius 3 is 2.84 bits per heavy atom. The lowest BCUT2D eigenvalue weighted by Crippen LogP contribution is -2.29. The van der Waals surface area contributed by atoms with Crippen molar-refractivity contribution in [1.82, 2.24) is 5.32 Å². The van der Waals surface area contributed by atoms with Crippen LogP contribution in [-0.4, -0.2) is 25.9 Å². The second kappa shape index (κ2) is 8.12. The van der Waals surface area contributed by atoms with E-state index >= 15 is 0 Å². The third-order valence-corrected chi connectivity index (χ3v) is 5.25. The number of carbonyl (C=O) groups excluding carboxylic acids is 1. The lowest BCUT2D eigenvalue weighted by molar-refractivity contribution is -0.117. The van der Waals surface area contributed by atoms with E-state index in [9.17, 15) is 4.79 Å². The minimum atomic E-state index is -0.114. The fourth-order valence-corrected chi connectivity index (χ4v) is 3.97. The highest BCUT2D eigenvalue weighted by molar-refractivity contribution is 7.99. The van der Waals surface area contributed by atoms with Gasteiger partial charge in [0.2, 0.25) is 5.91 Å². The first-order chi connectivity index (χ1) is 12.2. The molecule has 0 fully saturated rings. The Balaban J connectivity index is 1.72. The van der Waals surface area contributed by atoms with Gasteiger partial charge in [-0.05, 0) is 42.3 Å². The molecule has 5 heteroatoms. The second-order valence-electron chi connectivity index (χ2n) is 5.68. The van der Waals surface area contributed by atoms with Crippen LogP contribution in [-0.2, 0) is 4.79 Å². The van der Waals surface area contributed by atoms with Crippen LogP contribution in [0.2, 0.25) is 0 Å². The number of benzene rings is 2. The molecule has 0 radical (unpaired) electrons. The van der Waals surface area contributed by atoms with Gasteiger partial charge in [-0.3, -0.25) is 4.79 Å². The Hall–Kier alpha value is -2.40. The molecule has 1 atom stereocenters. The van der Waals surface area contributed by atoms with Gasteiger partial charge in [0, 0.05) is 22.3 Å². The van der Waals surface area contributed by atoms with Gasteiger partial charge in [0.1, 0.15) is 11.5 Å². The Labute approximate surface area is 152 Å². The summed E-state index contributed by atoms with van der Waals surface area (Å²) in [5, 5.41) is 3.10. The monoisotopic (exact) mass is 355 g/mol. The zero-order chi connectivity index (χ0) is 17.6. The molecule has 1 heterocycles. The van der Waals surface area contributed by atoms with E-state index in [1.165, 1.54) is 10.5 Å². The van der Waals surface area contributed by atoms with Crippen molar-refractivity contribution in [3.05, 3.63) is 59.7 Å². The van der Waals surface area contributed by atoms with E-state index in [4.69, 9.17) is 9.47 Å². The smallest absolute Gasteiger partial charge is 0.244 e. The number of carbonyl (C=O) groups is 1. The van der Waals surface area contributed by atoms with Crippen molar-refractivity contribution in [2.75, 3.05) is 20.0 Å². The molecule has 0 spiro atoms. The van der Waals surface area contributed by atoms with Crippen LogP contribution in [0.5, 0.6) is 11.5 Å². The van der Waals surface area contributed by atoms with E-state index in [1.54, 1.807) is 26.4 Å². The van der Waals surface area contributed by atoms with Gasteiger partial charge in [-0.15, -0.1) is 11.8 Å². The topological polar surface area (TPSA) is 47.6 Å². The minimum absolute atomic E-state index is 0.0572. The van der Waals surface area contributed by atoms with Crippen LogP contribution in [0.4, 0.5) is 0 Å². The van der Waals surface area contributed by atoms with Gasteiger partial charge in [0.15, 0.2) is 0 Å². The Bertz CT molecular complexity index is 788. The predicted octanol–water partition coefficient (Wildman–Crippen LogP) is 4.07. The normalized spacial score (nSPS) is 16.3. The number of amides is 1. The van der Waals surface area contributed by atoms with Crippen LogP contribution in [0.25, 0.3) is 6.08 Å². The summed E-state index contributed by atoms with van der Waals surface area (Å²) in [5.41, 5.74) is 2.00. The number of fused-ring (bicyclic) bond motifs is 1. The molecule has 0 aliphatic carbocycles. The van der Waals surface area contributed by atoms with E-state index in [0.717, 1.165) is 23.5 Å². The lowest BCUT2D eigenvalue weighted by atomic mass is 10.0. The Kier molecular flexibility index (Phi) is 5.66. The Morgan fingerprint density at radius 2 is 2.04 bits per heavy atom. The van der Waals surface area contributed by atoms with Crippen LogP contribution in [0.15, 0.2) is 53.4 Å². The lowest BCUT2D eigenvalue weighted by Gasteiger charge is -2.25. The van der Waals surface area contributed by atoms with Crippen LogP contribution in [0, 0.1) is 0 Å². The van der Waals surface area contributed by atoms with E-state index in [2.05, 4.69) is 17.4 Å². The summed E-state index contributed by atoms with van der Waals surface area (Å²) in [5.74, 6) is 2.31. The quantitative estimate of drug-likeness (QED) is 0.822. The van der Waals surface area contributed by atoms with Crippen molar-refractivity contribution < 1.29 is 14.3 Å². The molecule has 1 aliphatic heterocycles. The molecule has 2 aromatic rings. The number of methoxy groups -OCH3 is 2. The molecule has 1 aliphatic rings. The van der Waals surface area contributed by atoms with E-state index in [-0.39, 0.29) is 11.9 Å². The molecular weight excluding hydrogens is 334 g/mol. The summed E-state index contributed by atoms with van der Waals surface area (Å²) >= 11 is 1.84. The molecule has 0 saturated carbocycles. The van der Waals surface area contributed by atoms with Gasteiger partial charge in [0.05, 0.1) is 20.3 Å². The van der Waals surface area contributed by atoms with Crippen molar-refractivity contribution >= 4 is 23.7 Å². The molecule has 1 amide bonds. The summed E-state index contributed by atoms with van der Waals surface area (Å²) in [4.78, 5) is 13.6. The molecule has 25 heavy (non-hydrogen) atoms. The molecule has 0 bridgehead atoms. The van der Waals surface area contributed by atoms with Crippen molar-refractivity contribution in [3.8, 4) is 11.5 Å². The first kappa shape index (κ1) is 17.4. The maximum absolute atomic E-state index is 12.4.